The molecule has 0 saturated carbocycles. The first kappa shape index (κ1) is 114. The van der Waals surface area contributed by atoms with Gasteiger partial charge in [-0.25, -0.2) is 0 Å². The van der Waals surface area contributed by atoms with Crippen molar-refractivity contribution in [1.82, 2.24) is 0 Å². The fraction of sp³-hybridized carbons (Fsp3) is 0.982. The summed E-state index contributed by atoms with van der Waals surface area (Å²) in [6.45, 7) is 25.5. The van der Waals surface area contributed by atoms with E-state index >= 15 is 0 Å². The second-order valence-electron chi connectivity index (χ2n) is 42.3. The van der Waals surface area contributed by atoms with Crippen LogP contribution >= 0.6 is 0 Å². The van der Waals surface area contributed by atoms with Gasteiger partial charge in [0.15, 0.2) is 0 Å². The van der Waals surface area contributed by atoms with Crippen LogP contribution in [0.15, 0.2) is 11.8 Å². The molecular formula is C109H226Si4. The van der Waals surface area contributed by atoms with E-state index in [4.69, 9.17) is 0 Å². The maximum atomic E-state index is 2.95. The lowest BCUT2D eigenvalue weighted by atomic mass is 10.0. The topological polar surface area (TPSA) is 0 Å². The highest BCUT2D eigenvalue weighted by atomic mass is 29.9. The Kier molecular flexibility index (Phi) is 92.3. The fourth-order valence-electron chi connectivity index (χ4n) is 21.3. The van der Waals surface area contributed by atoms with Crippen molar-refractivity contribution in [1.29, 1.82) is 0 Å². The summed E-state index contributed by atoms with van der Waals surface area (Å²) in [5.41, 5.74) is 2.95. The summed E-state index contributed by atoms with van der Waals surface area (Å²) in [5, 5.41) is 0. The van der Waals surface area contributed by atoms with E-state index in [-0.39, 0.29) is 0 Å². The van der Waals surface area contributed by atoms with Crippen LogP contribution in [0.25, 0.3) is 0 Å². The van der Waals surface area contributed by atoms with Crippen LogP contribution < -0.4 is 0 Å². The van der Waals surface area contributed by atoms with Gasteiger partial charge in [0.05, 0.1) is 6.63 Å². The molecule has 0 fully saturated rings. The Morgan fingerprint density at radius 3 is 0.274 bits per heavy atom. The smallest absolute Gasteiger partial charge is 0.0593 e. The molecule has 0 rings (SSSR count). The molecule has 4 heteroatoms. The third kappa shape index (κ3) is 83.3. The zero-order chi connectivity index (χ0) is 82.0. The van der Waals surface area contributed by atoms with Crippen molar-refractivity contribution in [2.24, 2.45) is 0 Å². The zero-order valence-corrected chi connectivity index (χ0v) is 85.7. The van der Waals surface area contributed by atoms with Gasteiger partial charge < -0.3 is 0 Å². The Morgan fingerprint density at radius 2 is 0.195 bits per heavy atom. The third-order valence-corrected chi connectivity index (χ3v) is 99.3. The SMILES string of the molecule is CCCCCCCCCCCCCCCCCCCCCCCCCCCCCCCCCCCCCCCCCCCCCCCCCCCCCCCCCCCCCCCCCCCCCCCCCCCCCCCCCCCCCCCCCCCCCCCCCCC=C[Si]([Si](C)(C)C)([Si](C)(C)C)[Si](C)(C)C. The van der Waals surface area contributed by atoms with Crippen molar-refractivity contribution in [3.05, 3.63) is 11.8 Å². The number of hydrogen-bond donors (Lipinski definition) is 0. The average molecular weight is 1650 g/mol. The minimum absolute atomic E-state index is 1.17. The number of allylic oxidation sites excluding steroid dienone is 1. The molecule has 0 saturated heterocycles. The van der Waals surface area contributed by atoms with Gasteiger partial charge in [0.1, 0.15) is 0 Å². The summed E-state index contributed by atoms with van der Waals surface area (Å²) < 4.78 is 0. The average Bonchev–Trinajstić information content (AvgIpc) is 0.730. The number of hydrogen-bond acceptors (Lipinski definition) is 0. The Labute approximate surface area is 724 Å². The number of rotatable bonds is 101. The molecule has 0 aliphatic heterocycles. The van der Waals surface area contributed by atoms with Crippen LogP contribution in [0.5, 0.6) is 0 Å². The monoisotopic (exact) mass is 1650 g/mol. The molecule has 0 aromatic carbocycles. The summed E-state index contributed by atoms with van der Waals surface area (Å²) in [5.74, 6) is 0. The van der Waals surface area contributed by atoms with Crippen molar-refractivity contribution >= 4 is 29.4 Å². The van der Waals surface area contributed by atoms with Crippen molar-refractivity contribution < 1.29 is 0 Å². The van der Waals surface area contributed by atoms with E-state index in [0.29, 0.717) is 0 Å². The van der Waals surface area contributed by atoms with Gasteiger partial charge in [0.2, 0.25) is 0 Å². The van der Waals surface area contributed by atoms with E-state index in [2.05, 4.69) is 77.6 Å². The maximum Gasteiger partial charge on any atom is 0.0593 e. The third-order valence-electron chi connectivity index (χ3n) is 28.1. The fourth-order valence-corrected chi connectivity index (χ4v) is 117. The summed E-state index contributed by atoms with van der Waals surface area (Å²) in [6, 6.07) is 0. The minimum atomic E-state index is -1.30. The molecule has 0 N–H and O–H groups in total. The summed E-state index contributed by atoms with van der Waals surface area (Å²) in [6.07, 6.45) is 147. The minimum Gasteiger partial charge on any atom is -0.105 e. The molecule has 0 heterocycles. The van der Waals surface area contributed by atoms with Gasteiger partial charge in [-0.1, -0.05) is 682 Å². The van der Waals surface area contributed by atoms with Crippen molar-refractivity contribution in [3.8, 4) is 0 Å². The van der Waals surface area contributed by atoms with Gasteiger partial charge in [-0.05, 0) is 12.8 Å². The second-order valence-corrected chi connectivity index (χ2v) is 82.9. The van der Waals surface area contributed by atoms with Crippen molar-refractivity contribution in [3.63, 3.8) is 0 Å². The van der Waals surface area contributed by atoms with Gasteiger partial charge in [0, 0.05) is 22.8 Å². The normalized spacial score (nSPS) is 12.5. The molecule has 0 aliphatic rings. The van der Waals surface area contributed by atoms with Crippen molar-refractivity contribution in [2.45, 2.75) is 689 Å². The van der Waals surface area contributed by atoms with Crippen LogP contribution in [0, 0.1) is 0 Å². The molecule has 0 atom stereocenters. The van der Waals surface area contributed by atoms with E-state index < -0.39 is 29.4 Å². The number of unbranched alkanes of at least 4 members (excludes halogenated alkanes) is 96. The molecule has 0 nitrogen and oxygen atoms in total. The predicted molar refractivity (Wildman–Crippen MR) is 538 cm³/mol. The Hall–Kier alpha value is 0.608. The van der Waals surface area contributed by atoms with E-state index in [1.807, 2.05) is 0 Å². The Bertz CT molecular complexity index is 1710. The highest BCUT2D eigenvalue weighted by Crippen LogP contribution is 2.38. The van der Waals surface area contributed by atoms with Crippen LogP contribution in [-0.2, 0) is 0 Å². The van der Waals surface area contributed by atoms with Gasteiger partial charge in [-0.2, -0.15) is 0 Å². The van der Waals surface area contributed by atoms with E-state index in [1.54, 1.807) is 0 Å². The van der Waals surface area contributed by atoms with Crippen LogP contribution in [0.3, 0.4) is 0 Å². The molecule has 113 heavy (non-hydrogen) atoms. The molecule has 0 spiro atoms. The predicted octanol–water partition coefficient (Wildman–Crippen LogP) is 42.6. The van der Waals surface area contributed by atoms with Gasteiger partial charge in [-0.15, -0.1) is 5.70 Å². The summed E-state index contributed by atoms with van der Waals surface area (Å²) in [4.78, 5) is 0. The molecular weight excluding hydrogens is 1420 g/mol. The van der Waals surface area contributed by atoms with E-state index in [9.17, 15) is 0 Å². The first-order valence-electron chi connectivity index (χ1n) is 55.0. The summed E-state index contributed by atoms with van der Waals surface area (Å²) >= 11 is 0. The lowest BCUT2D eigenvalue weighted by Gasteiger charge is -2.56. The van der Waals surface area contributed by atoms with Gasteiger partial charge in [-0.3, -0.25) is 0 Å². The zero-order valence-electron chi connectivity index (χ0n) is 81.7. The second kappa shape index (κ2) is 91.8. The molecule has 678 valence electrons. The van der Waals surface area contributed by atoms with Crippen molar-refractivity contribution in [2.75, 3.05) is 0 Å². The molecule has 0 amide bonds. The molecule has 0 aliphatic carbocycles. The lowest BCUT2D eigenvalue weighted by Crippen LogP contribution is -2.81. The quantitative estimate of drug-likeness (QED) is 0.0421. The molecule has 0 aromatic rings. The Balaban J connectivity index is 3.17. The first-order valence-corrected chi connectivity index (χ1v) is 70.6. The standard InChI is InChI=1S/C109H226Si4/c1-11-12-13-14-15-16-17-18-19-20-21-22-23-24-25-26-27-28-29-30-31-32-33-34-35-36-37-38-39-40-41-42-43-44-45-46-47-48-49-50-51-52-53-54-55-56-57-58-59-60-61-62-63-64-65-66-67-68-69-70-71-72-73-74-75-76-77-78-79-80-81-82-83-84-85-86-87-88-89-90-91-92-93-94-95-96-97-98-99-100-101-102-103-104-105-106-107-108-109-113(110(2,3)4,111(5,6)7)112(8,9)10/h108-109H,11-107H2,1-10H3. The molecule has 0 radical (unpaired) electrons. The van der Waals surface area contributed by atoms with Gasteiger partial charge >= 0.3 is 0 Å². The van der Waals surface area contributed by atoms with Crippen LogP contribution in [0.1, 0.15) is 630 Å². The first-order chi connectivity index (χ1) is 55.3. The molecule has 0 bridgehead atoms. The van der Waals surface area contributed by atoms with Crippen LogP contribution in [-0.4, -0.2) is 29.4 Å². The maximum absolute atomic E-state index is 2.95. The Morgan fingerprint density at radius 1 is 0.115 bits per heavy atom. The highest BCUT2D eigenvalue weighted by molar-refractivity contribution is 7.90. The van der Waals surface area contributed by atoms with E-state index in [1.165, 1.54) is 623 Å². The largest absolute Gasteiger partial charge is 0.105 e. The van der Waals surface area contributed by atoms with Crippen LogP contribution in [0.4, 0.5) is 0 Å². The molecule has 0 unspecified atom stereocenters. The highest BCUT2D eigenvalue weighted by Gasteiger charge is 2.59. The molecule has 0 aromatic heterocycles. The van der Waals surface area contributed by atoms with E-state index in [0.717, 1.165) is 0 Å². The van der Waals surface area contributed by atoms with Crippen LogP contribution in [0.2, 0.25) is 58.9 Å². The lowest BCUT2D eigenvalue weighted by molar-refractivity contribution is 0.505. The summed E-state index contributed by atoms with van der Waals surface area (Å²) in [7, 11) is -3.51. The van der Waals surface area contributed by atoms with Gasteiger partial charge in [0.25, 0.3) is 0 Å².